The molecule has 0 aliphatic carbocycles. The van der Waals surface area contributed by atoms with Gasteiger partial charge < -0.3 is 19.3 Å². The van der Waals surface area contributed by atoms with Gasteiger partial charge in [-0.05, 0) is 25.1 Å². The molecule has 1 aliphatic heterocycles. The molecule has 9 nitrogen and oxygen atoms in total. The number of esters is 1. The van der Waals surface area contributed by atoms with Gasteiger partial charge in [-0.3, -0.25) is 4.79 Å². The standard InChI is InChI=1S/C25H23N5O4/c1-3-34-23(31)21-18-9-4-5-10-19(18)27-22(28-21)16-7-6-8-17(13-16)30-14-20(26-15-30)25(33)11-12-29(2)24(25)32/h4-10,13-15,33H,3,11-12H2,1-2H3/t25-/m1/s1. The lowest BCUT2D eigenvalue weighted by atomic mass is 9.99. The lowest BCUT2D eigenvalue weighted by molar-refractivity contribution is -0.143. The number of carbonyl (C=O) groups is 2. The summed E-state index contributed by atoms with van der Waals surface area (Å²) in [5.41, 5.74) is 0.973. The van der Waals surface area contributed by atoms with Gasteiger partial charge in [-0.25, -0.2) is 19.7 Å². The van der Waals surface area contributed by atoms with Gasteiger partial charge >= 0.3 is 5.97 Å². The van der Waals surface area contributed by atoms with E-state index in [0.29, 0.717) is 41.0 Å². The third-order valence-corrected chi connectivity index (χ3v) is 5.99. The predicted octanol–water partition coefficient (Wildman–Crippen LogP) is 2.71. The number of ether oxygens (including phenoxy) is 1. The highest BCUT2D eigenvalue weighted by Crippen LogP contribution is 2.32. The van der Waals surface area contributed by atoms with Crippen molar-refractivity contribution in [2.24, 2.45) is 0 Å². The summed E-state index contributed by atoms with van der Waals surface area (Å²) in [7, 11) is 1.66. The van der Waals surface area contributed by atoms with Crippen LogP contribution in [0.4, 0.5) is 0 Å². The average molecular weight is 457 g/mol. The Morgan fingerprint density at radius 1 is 1.18 bits per heavy atom. The van der Waals surface area contributed by atoms with Crippen LogP contribution in [0.2, 0.25) is 0 Å². The number of aliphatic hydroxyl groups is 1. The number of hydrogen-bond acceptors (Lipinski definition) is 7. The first-order chi connectivity index (χ1) is 16.4. The maximum Gasteiger partial charge on any atom is 0.357 e. The van der Waals surface area contributed by atoms with Gasteiger partial charge in [-0.2, -0.15) is 0 Å². The Morgan fingerprint density at radius 2 is 2.00 bits per heavy atom. The number of para-hydroxylation sites is 1. The molecule has 0 radical (unpaired) electrons. The minimum atomic E-state index is -1.62. The van der Waals surface area contributed by atoms with E-state index in [9.17, 15) is 14.7 Å². The summed E-state index contributed by atoms with van der Waals surface area (Å²) in [5.74, 6) is -0.477. The molecule has 0 saturated carbocycles. The van der Waals surface area contributed by atoms with Crippen molar-refractivity contribution in [1.29, 1.82) is 0 Å². The number of hydrogen-bond donors (Lipinski definition) is 1. The fraction of sp³-hybridized carbons (Fsp3) is 0.240. The number of imidazole rings is 1. The minimum absolute atomic E-state index is 0.212. The van der Waals surface area contributed by atoms with Crippen molar-refractivity contribution in [3.05, 3.63) is 72.4 Å². The second kappa shape index (κ2) is 8.35. The molecular weight excluding hydrogens is 434 g/mol. The van der Waals surface area contributed by atoms with E-state index in [0.717, 1.165) is 5.69 Å². The highest BCUT2D eigenvalue weighted by atomic mass is 16.5. The first-order valence-corrected chi connectivity index (χ1v) is 11.0. The molecule has 1 amide bonds. The number of amides is 1. The van der Waals surface area contributed by atoms with Crippen molar-refractivity contribution in [1.82, 2.24) is 24.4 Å². The van der Waals surface area contributed by atoms with Crippen molar-refractivity contribution in [2.45, 2.75) is 18.9 Å². The van der Waals surface area contributed by atoms with Crippen LogP contribution >= 0.6 is 0 Å². The van der Waals surface area contributed by atoms with Crippen LogP contribution in [0, 0.1) is 0 Å². The van der Waals surface area contributed by atoms with E-state index in [2.05, 4.69) is 15.0 Å². The Bertz CT molecular complexity index is 1420. The lowest BCUT2D eigenvalue weighted by Crippen LogP contribution is -2.36. The number of aromatic nitrogens is 4. The van der Waals surface area contributed by atoms with E-state index in [-0.39, 0.29) is 18.2 Å². The van der Waals surface area contributed by atoms with E-state index in [1.165, 1.54) is 4.90 Å². The lowest BCUT2D eigenvalue weighted by Gasteiger charge is -2.18. The smallest absolute Gasteiger partial charge is 0.357 e. The van der Waals surface area contributed by atoms with Crippen LogP contribution in [0.25, 0.3) is 28.0 Å². The molecule has 3 heterocycles. The van der Waals surface area contributed by atoms with E-state index in [4.69, 9.17) is 4.74 Å². The van der Waals surface area contributed by atoms with Gasteiger partial charge in [0.25, 0.3) is 5.91 Å². The average Bonchev–Trinajstić information content (AvgIpc) is 3.46. The summed E-state index contributed by atoms with van der Waals surface area (Å²) in [6.45, 7) is 2.47. The maximum atomic E-state index is 12.6. The summed E-state index contributed by atoms with van der Waals surface area (Å²) >= 11 is 0. The SMILES string of the molecule is CCOC(=O)c1nc(-c2cccc(-n3cnc([C@]4(O)CCN(C)C4=O)c3)c2)nc2ccccc12. The number of fused-ring (bicyclic) bond motifs is 1. The van der Waals surface area contributed by atoms with Gasteiger partial charge in [0.05, 0.1) is 18.5 Å². The van der Waals surface area contributed by atoms with Crippen molar-refractivity contribution in [3.8, 4) is 17.1 Å². The zero-order chi connectivity index (χ0) is 23.9. The van der Waals surface area contributed by atoms with Crippen LogP contribution < -0.4 is 0 Å². The Balaban J connectivity index is 1.54. The van der Waals surface area contributed by atoms with E-state index in [1.54, 1.807) is 37.1 Å². The molecule has 5 rings (SSSR count). The molecule has 1 fully saturated rings. The molecule has 0 spiro atoms. The number of likely N-dealkylation sites (N-methyl/N-ethyl adjacent to an activating group) is 1. The summed E-state index contributed by atoms with van der Waals surface area (Å²) in [6.07, 6.45) is 3.51. The highest BCUT2D eigenvalue weighted by Gasteiger charge is 2.46. The van der Waals surface area contributed by atoms with Crippen LogP contribution in [0.5, 0.6) is 0 Å². The van der Waals surface area contributed by atoms with E-state index >= 15 is 0 Å². The molecule has 1 atom stereocenters. The van der Waals surface area contributed by atoms with Gasteiger partial charge in [0.2, 0.25) is 0 Å². The fourth-order valence-corrected chi connectivity index (χ4v) is 4.14. The molecule has 9 heteroatoms. The number of nitrogens with zero attached hydrogens (tertiary/aromatic N) is 5. The van der Waals surface area contributed by atoms with Gasteiger partial charge in [-0.1, -0.05) is 30.3 Å². The quantitative estimate of drug-likeness (QED) is 0.459. The summed E-state index contributed by atoms with van der Waals surface area (Å²) in [5, 5.41) is 11.5. The maximum absolute atomic E-state index is 12.6. The van der Waals surface area contributed by atoms with Crippen LogP contribution in [-0.4, -0.2) is 61.6 Å². The zero-order valence-electron chi connectivity index (χ0n) is 18.8. The molecular formula is C25H23N5O4. The Kier molecular flexibility index (Phi) is 5.33. The largest absolute Gasteiger partial charge is 0.461 e. The van der Waals surface area contributed by atoms with Crippen LogP contribution in [-0.2, 0) is 15.1 Å². The number of benzene rings is 2. The summed E-state index contributed by atoms with van der Waals surface area (Å²) < 4.78 is 6.93. The van der Waals surface area contributed by atoms with E-state index in [1.807, 2.05) is 42.5 Å². The number of carbonyl (C=O) groups excluding carboxylic acids is 2. The Hall–Kier alpha value is -4.11. The Morgan fingerprint density at radius 3 is 2.76 bits per heavy atom. The third kappa shape index (κ3) is 3.60. The predicted molar refractivity (Wildman–Crippen MR) is 124 cm³/mol. The molecule has 172 valence electrons. The van der Waals surface area contributed by atoms with Gasteiger partial charge in [0.15, 0.2) is 17.1 Å². The third-order valence-electron chi connectivity index (χ3n) is 5.99. The van der Waals surface area contributed by atoms with Gasteiger partial charge in [0, 0.05) is 42.8 Å². The van der Waals surface area contributed by atoms with Crippen molar-refractivity contribution in [3.63, 3.8) is 0 Å². The first kappa shape index (κ1) is 21.7. The van der Waals surface area contributed by atoms with Crippen molar-refractivity contribution in [2.75, 3.05) is 20.2 Å². The van der Waals surface area contributed by atoms with Gasteiger partial charge in [-0.15, -0.1) is 0 Å². The van der Waals surface area contributed by atoms with Crippen LogP contribution in [0.1, 0.15) is 29.5 Å². The molecule has 1 N–H and O–H groups in total. The molecule has 2 aromatic heterocycles. The highest BCUT2D eigenvalue weighted by molar-refractivity contribution is 6.02. The molecule has 4 aromatic rings. The summed E-state index contributed by atoms with van der Waals surface area (Å²) in [6, 6.07) is 14.7. The van der Waals surface area contributed by atoms with Gasteiger partial charge in [0.1, 0.15) is 5.69 Å². The summed E-state index contributed by atoms with van der Waals surface area (Å²) in [4.78, 5) is 40.0. The molecule has 1 aliphatic rings. The minimum Gasteiger partial charge on any atom is -0.461 e. The monoisotopic (exact) mass is 457 g/mol. The van der Waals surface area contributed by atoms with Crippen molar-refractivity contribution >= 4 is 22.8 Å². The van der Waals surface area contributed by atoms with Crippen LogP contribution in [0.3, 0.4) is 0 Å². The number of likely N-dealkylation sites (tertiary alicyclic amines) is 1. The fourth-order valence-electron chi connectivity index (χ4n) is 4.14. The molecule has 0 unspecified atom stereocenters. The first-order valence-electron chi connectivity index (χ1n) is 11.0. The number of rotatable bonds is 5. The molecule has 34 heavy (non-hydrogen) atoms. The zero-order valence-corrected chi connectivity index (χ0v) is 18.8. The molecule has 2 aromatic carbocycles. The second-order valence-corrected chi connectivity index (χ2v) is 8.19. The molecule has 0 bridgehead atoms. The second-order valence-electron chi connectivity index (χ2n) is 8.19. The van der Waals surface area contributed by atoms with Crippen LogP contribution in [0.15, 0.2) is 61.1 Å². The van der Waals surface area contributed by atoms with E-state index < -0.39 is 11.6 Å². The van der Waals surface area contributed by atoms with Crippen molar-refractivity contribution < 1.29 is 19.4 Å². The topological polar surface area (TPSA) is 110 Å². The Labute approximate surface area is 195 Å². The normalized spacial score (nSPS) is 18.0. The molecule has 1 saturated heterocycles.